The first-order valence-electron chi connectivity index (χ1n) is 12.0. The van der Waals surface area contributed by atoms with E-state index in [2.05, 4.69) is 31.2 Å². The molecular weight excluding hydrogens is 470 g/mol. The van der Waals surface area contributed by atoms with Crippen LogP contribution in [0.5, 0.6) is 0 Å². The molecule has 0 bridgehead atoms. The molecule has 2 N–H and O–H groups in total. The predicted octanol–water partition coefficient (Wildman–Crippen LogP) is 5.14. The molecular formula is C28H29N5O2S. The van der Waals surface area contributed by atoms with Gasteiger partial charge >= 0.3 is 0 Å². The van der Waals surface area contributed by atoms with Crippen LogP contribution in [0.2, 0.25) is 0 Å². The molecule has 36 heavy (non-hydrogen) atoms. The number of carbonyl (C=O) groups is 1. The Morgan fingerprint density at radius 2 is 2.03 bits per heavy atom. The van der Waals surface area contributed by atoms with Crippen molar-refractivity contribution in [1.29, 1.82) is 0 Å². The standard InChI is InChI=1S/C28H29N5O2S/c1-19-10-11-20(2)23(17-19)30-25(34)12-15-33-27(26(31-28(33)36)22-8-3-4-13-29-22)24-9-5-14-32(24)18-21-7-6-16-35-21/h3-11,13-14,16-17,26-27H,12,15,18H2,1-2H3,(H,30,34)(H,31,36). The molecule has 3 aromatic heterocycles. The van der Waals surface area contributed by atoms with Gasteiger partial charge in [-0.2, -0.15) is 0 Å². The van der Waals surface area contributed by atoms with E-state index in [-0.39, 0.29) is 18.0 Å². The average Bonchev–Trinajstić information content (AvgIpc) is 3.62. The number of aryl methyl sites for hydroxylation is 2. The second-order valence-electron chi connectivity index (χ2n) is 9.08. The molecule has 0 saturated carbocycles. The van der Waals surface area contributed by atoms with Gasteiger partial charge in [0.1, 0.15) is 5.76 Å². The molecule has 4 aromatic rings. The lowest BCUT2D eigenvalue weighted by molar-refractivity contribution is -0.116. The summed E-state index contributed by atoms with van der Waals surface area (Å²) in [5.74, 6) is 0.826. The minimum atomic E-state index is -0.147. The van der Waals surface area contributed by atoms with Gasteiger partial charge in [0.15, 0.2) is 5.11 Å². The van der Waals surface area contributed by atoms with E-state index in [0.29, 0.717) is 24.6 Å². The lowest BCUT2D eigenvalue weighted by Crippen LogP contribution is -2.33. The molecule has 1 aliphatic heterocycles. The van der Waals surface area contributed by atoms with Crippen LogP contribution in [0.1, 0.15) is 46.8 Å². The van der Waals surface area contributed by atoms with Gasteiger partial charge in [0.2, 0.25) is 5.91 Å². The molecule has 1 aromatic carbocycles. The summed E-state index contributed by atoms with van der Waals surface area (Å²) in [6.07, 6.45) is 5.82. The van der Waals surface area contributed by atoms with Gasteiger partial charge in [0.25, 0.3) is 0 Å². The van der Waals surface area contributed by atoms with Crippen molar-refractivity contribution >= 4 is 28.9 Å². The van der Waals surface area contributed by atoms with Crippen molar-refractivity contribution in [1.82, 2.24) is 19.8 Å². The van der Waals surface area contributed by atoms with E-state index in [4.69, 9.17) is 16.6 Å². The monoisotopic (exact) mass is 499 g/mol. The van der Waals surface area contributed by atoms with Gasteiger partial charge in [-0.1, -0.05) is 18.2 Å². The SMILES string of the molecule is Cc1ccc(C)c(NC(=O)CCN2C(=S)NC(c3ccccn3)C2c2cccn2Cc2ccco2)c1. The fraction of sp³-hybridized carbons (Fsp3) is 0.250. The van der Waals surface area contributed by atoms with E-state index in [1.165, 1.54) is 0 Å². The summed E-state index contributed by atoms with van der Waals surface area (Å²) in [7, 11) is 0. The third kappa shape index (κ3) is 5.04. The summed E-state index contributed by atoms with van der Waals surface area (Å²) in [6, 6.07) is 19.6. The van der Waals surface area contributed by atoms with Crippen molar-refractivity contribution in [3.63, 3.8) is 0 Å². The van der Waals surface area contributed by atoms with Crippen molar-refractivity contribution in [2.45, 2.75) is 38.9 Å². The highest BCUT2D eigenvalue weighted by atomic mass is 32.1. The van der Waals surface area contributed by atoms with Crippen LogP contribution in [0, 0.1) is 13.8 Å². The maximum Gasteiger partial charge on any atom is 0.226 e. The molecule has 2 atom stereocenters. The normalized spacial score (nSPS) is 17.3. The maximum atomic E-state index is 12.9. The fourth-order valence-electron chi connectivity index (χ4n) is 4.68. The lowest BCUT2D eigenvalue weighted by atomic mass is 10.0. The molecule has 1 aliphatic rings. The van der Waals surface area contributed by atoms with E-state index in [1.54, 1.807) is 12.5 Å². The molecule has 7 nitrogen and oxygen atoms in total. The van der Waals surface area contributed by atoms with Gasteiger partial charge in [0, 0.05) is 36.7 Å². The smallest absolute Gasteiger partial charge is 0.226 e. The predicted molar refractivity (Wildman–Crippen MR) is 144 cm³/mol. The van der Waals surface area contributed by atoms with E-state index >= 15 is 0 Å². The van der Waals surface area contributed by atoms with Crippen LogP contribution in [0.3, 0.4) is 0 Å². The van der Waals surface area contributed by atoms with Gasteiger partial charge in [-0.05, 0) is 79.7 Å². The van der Waals surface area contributed by atoms with Crippen LogP contribution in [-0.2, 0) is 11.3 Å². The summed E-state index contributed by atoms with van der Waals surface area (Å²) in [5, 5.41) is 7.14. The highest BCUT2D eigenvalue weighted by Crippen LogP contribution is 2.39. The number of anilines is 1. The second kappa shape index (κ2) is 10.4. The zero-order valence-electron chi connectivity index (χ0n) is 20.3. The topological polar surface area (TPSA) is 75.3 Å². The Balaban J connectivity index is 1.39. The zero-order chi connectivity index (χ0) is 25.1. The van der Waals surface area contributed by atoms with Crippen LogP contribution < -0.4 is 10.6 Å². The van der Waals surface area contributed by atoms with E-state index in [1.807, 2.05) is 74.6 Å². The Morgan fingerprint density at radius 1 is 1.14 bits per heavy atom. The number of pyridine rings is 1. The summed E-state index contributed by atoms with van der Waals surface area (Å²) in [6.45, 7) is 5.09. The number of carbonyl (C=O) groups excluding carboxylic acids is 1. The van der Waals surface area contributed by atoms with E-state index < -0.39 is 0 Å². The first-order valence-corrected chi connectivity index (χ1v) is 12.4. The zero-order valence-corrected chi connectivity index (χ0v) is 21.2. The molecule has 0 aliphatic carbocycles. The number of amides is 1. The van der Waals surface area contributed by atoms with Gasteiger partial charge in [-0.25, -0.2) is 0 Å². The third-order valence-corrected chi connectivity index (χ3v) is 6.87. The molecule has 8 heteroatoms. The van der Waals surface area contributed by atoms with E-state index in [0.717, 1.165) is 34.0 Å². The second-order valence-corrected chi connectivity index (χ2v) is 9.46. The van der Waals surface area contributed by atoms with E-state index in [9.17, 15) is 4.79 Å². The Kier molecular flexibility index (Phi) is 6.86. The van der Waals surface area contributed by atoms with Gasteiger partial charge < -0.3 is 24.5 Å². The number of benzene rings is 1. The molecule has 5 rings (SSSR count). The number of furan rings is 1. The van der Waals surface area contributed by atoms with Crippen molar-refractivity contribution in [3.8, 4) is 0 Å². The first kappa shape index (κ1) is 23.8. The molecule has 4 heterocycles. The molecule has 0 spiro atoms. The highest BCUT2D eigenvalue weighted by molar-refractivity contribution is 7.80. The Labute approximate surface area is 216 Å². The quantitative estimate of drug-likeness (QED) is 0.327. The third-order valence-electron chi connectivity index (χ3n) is 6.52. The van der Waals surface area contributed by atoms with Crippen LogP contribution in [0.4, 0.5) is 5.69 Å². The van der Waals surface area contributed by atoms with Gasteiger partial charge in [-0.3, -0.25) is 9.78 Å². The molecule has 1 amide bonds. The number of nitrogens with zero attached hydrogens (tertiary/aromatic N) is 3. The first-order chi connectivity index (χ1) is 17.5. The van der Waals surface area contributed by atoms with Crippen LogP contribution >= 0.6 is 12.2 Å². The fourth-order valence-corrected chi connectivity index (χ4v) is 5.02. The van der Waals surface area contributed by atoms with Gasteiger partial charge in [-0.15, -0.1) is 0 Å². The molecule has 1 fully saturated rings. The van der Waals surface area contributed by atoms with Crippen molar-refractivity contribution in [2.24, 2.45) is 0 Å². The Hall–Kier alpha value is -3.91. The molecule has 0 radical (unpaired) electrons. The molecule has 184 valence electrons. The summed E-state index contributed by atoms with van der Waals surface area (Å²) < 4.78 is 7.76. The van der Waals surface area contributed by atoms with Crippen molar-refractivity contribution in [3.05, 3.63) is 108 Å². The highest BCUT2D eigenvalue weighted by Gasteiger charge is 2.41. The van der Waals surface area contributed by atoms with Gasteiger partial charge in [0.05, 0.1) is 30.6 Å². The summed E-state index contributed by atoms with van der Waals surface area (Å²) >= 11 is 5.77. The number of hydrogen-bond acceptors (Lipinski definition) is 4. The van der Waals surface area contributed by atoms with Crippen LogP contribution in [0.15, 0.2) is 83.7 Å². The lowest BCUT2D eigenvalue weighted by Gasteiger charge is -2.28. The number of nitrogens with one attached hydrogen (secondary N) is 2. The number of rotatable bonds is 8. The largest absolute Gasteiger partial charge is 0.467 e. The maximum absolute atomic E-state index is 12.9. The number of aromatic nitrogens is 2. The molecule has 2 unspecified atom stereocenters. The Morgan fingerprint density at radius 3 is 2.81 bits per heavy atom. The van der Waals surface area contributed by atoms with Crippen molar-refractivity contribution < 1.29 is 9.21 Å². The minimum absolute atomic E-state index is 0.0440. The number of thiocarbonyl (C=S) groups is 1. The van der Waals surface area contributed by atoms with Crippen LogP contribution in [-0.4, -0.2) is 32.0 Å². The van der Waals surface area contributed by atoms with Crippen LogP contribution in [0.25, 0.3) is 0 Å². The summed E-state index contributed by atoms with van der Waals surface area (Å²) in [4.78, 5) is 19.6. The Bertz CT molecular complexity index is 1350. The summed E-state index contributed by atoms with van der Waals surface area (Å²) in [5.41, 5.74) is 4.96. The number of hydrogen-bond donors (Lipinski definition) is 2. The average molecular weight is 500 g/mol. The minimum Gasteiger partial charge on any atom is -0.467 e. The van der Waals surface area contributed by atoms with Crippen molar-refractivity contribution in [2.75, 3.05) is 11.9 Å². The molecule has 1 saturated heterocycles.